The Morgan fingerprint density at radius 2 is 1.71 bits per heavy atom. The third kappa shape index (κ3) is 3.06. The molecule has 2 aromatic rings. The third-order valence-corrected chi connectivity index (χ3v) is 4.17. The minimum atomic E-state index is -4.47. The summed E-state index contributed by atoms with van der Waals surface area (Å²) in [6.45, 7) is 0. The summed E-state index contributed by atoms with van der Waals surface area (Å²) < 4.78 is 66.1. The summed E-state index contributed by atoms with van der Waals surface area (Å²) in [5.41, 5.74) is 3.72. The maximum Gasteiger partial charge on any atom is 0.264 e. The third-order valence-electron chi connectivity index (χ3n) is 2.56. The number of nitrogen functional groups attached to an aromatic ring is 1. The van der Waals surface area contributed by atoms with Crippen molar-refractivity contribution in [1.82, 2.24) is 0 Å². The van der Waals surface area contributed by atoms with Gasteiger partial charge in [-0.05, 0) is 30.3 Å². The normalized spacial score (nSPS) is 11.4. The molecule has 112 valence electrons. The molecule has 2 rings (SSSR count). The zero-order valence-corrected chi connectivity index (χ0v) is 11.8. The number of hydrogen-bond donors (Lipinski definition) is 2. The van der Waals surface area contributed by atoms with Gasteiger partial charge in [0, 0.05) is 5.02 Å². The first kappa shape index (κ1) is 15.5. The van der Waals surface area contributed by atoms with Crippen LogP contribution in [0.25, 0.3) is 0 Å². The van der Waals surface area contributed by atoms with Gasteiger partial charge in [0.05, 0.1) is 5.69 Å². The number of hydrogen-bond acceptors (Lipinski definition) is 3. The van der Waals surface area contributed by atoms with Crippen molar-refractivity contribution in [3.05, 3.63) is 52.8 Å². The first-order valence-corrected chi connectivity index (χ1v) is 7.30. The summed E-state index contributed by atoms with van der Waals surface area (Å²) >= 11 is 5.53. The lowest BCUT2D eigenvalue weighted by Crippen LogP contribution is -2.16. The van der Waals surface area contributed by atoms with E-state index in [1.54, 1.807) is 0 Å². The van der Waals surface area contributed by atoms with Crippen LogP contribution in [0.3, 0.4) is 0 Å². The number of sulfonamides is 1. The molecule has 0 fully saturated rings. The van der Waals surface area contributed by atoms with Crippen molar-refractivity contribution < 1.29 is 21.6 Å². The second-order valence-electron chi connectivity index (χ2n) is 4.00. The fourth-order valence-electron chi connectivity index (χ4n) is 1.53. The molecule has 0 atom stereocenters. The van der Waals surface area contributed by atoms with E-state index in [1.807, 2.05) is 4.72 Å². The lowest BCUT2D eigenvalue weighted by Gasteiger charge is -2.11. The van der Waals surface area contributed by atoms with Crippen molar-refractivity contribution in [3.63, 3.8) is 0 Å². The molecule has 0 amide bonds. The highest BCUT2D eigenvalue weighted by molar-refractivity contribution is 7.92. The van der Waals surface area contributed by atoms with E-state index in [4.69, 9.17) is 17.3 Å². The largest absolute Gasteiger partial charge is 0.394 e. The topological polar surface area (TPSA) is 72.2 Å². The highest BCUT2D eigenvalue weighted by atomic mass is 35.5. The van der Waals surface area contributed by atoms with Gasteiger partial charge in [0.1, 0.15) is 22.2 Å². The lowest BCUT2D eigenvalue weighted by molar-refractivity contribution is 0.556. The summed E-state index contributed by atoms with van der Waals surface area (Å²) in [5, 5.41) is 0.0626. The van der Waals surface area contributed by atoms with E-state index in [0.29, 0.717) is 12.1 Å². The minimum absolute atomic E-state index is 0.0626. The maximum absolute atomic E-state index is 13.7. The zero-order chi connectivity index (χ0) is 15.8. The minimum Gasteiger partial charge on any atom is -0.394 e. The van der Waals surface area contributed by atoms with Crippen LogP contribution in [0.5, 0.6) is 0 Å². The molecule has 0 aromatic heterocycles. The average Bonchev–Trinajstić information content (AvgIpc) is 2.39. The number of halogens is 4. The van der Waals surface area contributed by atoms with Gasteiger partial charge in [-0.25, -0.2) is 21.6 Å². The molecule has 3 N–H and O–H groups in total. The van der Waals surface area contributed by atoms with Crippen LogP contribution in [-0.4, -0.2) is 8.42 Å². The average molecular weight is 337 g/mol. The molecule has 9 heteroatoms. The SMILES string of the molecule is Nc1c(F)ccc(S(=O)(=O)Nc2ccc(Cl)cc2F)c1F. The molecule has 0 radical (unpaired) electrons. The summed E-state index contributed by atoms with van der Waals surface area (Å²) in [4.78, 5) is -0.893. The highest BCUT2D eigenvalue weighted by Crippen LogP contribution is 2.26. The second kappa shape index (κ2) is 5.45. The summed E-state index contributed by atoms with van der Waals surface area (Å²) in [5.74, 6) is -3.48. The van der Waals surface area contributed by atoms with Gasteiger partial charge in [0.15, 0.2) is 5.82 Å². The van der Waals surface area contributed by atoms with Crippen molar-refractivity contribution in [2.45, 2.75) is 4.90 Å². The van der Waals surface area contributed by atoms with E-state index in [2.05, 4.69) is 0 Å². The maximum atomic E-state index is 13.7. The molecule has 0 saturated carbocycles. The van der Waals surface area contributed by atoms with Gasteiger partial charge in [0.2, 0.25) is 0 Å². The molecule has 0 saturated heterocycles. The first-order valence-electron chi connectivity index (χ1n) is 5.43. The fraction of sp³-hybridized carbons (Fsp3) is 0. The highest BCUT2D eigenvalue weighted by Gasteiger charge is 2.23. The summed E-state index contributed by atoms with van der Waals surface area (Å²) in [6, 6.07) is 4.59. The van der Waals surface area contributed by atoms with E-state index in [0.717, 1.165) is 12.1 Å². The first-order chi connectivity index (χ1) is 9.72. The molecule has 0 heterocycles. The van der Waals surface area contributed by atoms with E-state index < -0.39 is 43.7 Å². The van der Waals surface area contributed by atoms with Gasteiger partial charge in [-0.3, -0.25) is 4.72 Å². The zero-order valence-electron chi connectivity index (χ0n) is 10.2. The van der Waals surface area contributed by atoms with Gasteiger partial charge < -0.3 is 5.73 Å². The molecular weight excluding hydrogens is 329 g/mol. The molecule has 0 aliphatic heterocycles. The van der Waals surface area contributed by atoms with E-state index in [-0.39, 0.29) is 5.02 Å². The van der Waals surface area contributed by atoms with Crippen LogP contribution in [0.15, 0.2) is 35.2 Å². The van der Waals surface area contributed by atoms with Crippen LogP contribution in [-0.2, 0) is 10.0 Å². The van der Waals surface area contributed by atoms with Crippen LogP contribution in [0, 0.1) is 17.5 Å². The van der Waals surface area contributed by atoms with Crippen molar-refractivity contribution in [2.24, 2.45) is 0 Å². The predicted molar refractivity (Wildman–Crippen MR) is 73.0 cm³/mol. The monoisotopic (exact) mass is 336 g/mol. The van der Waals surface area contributed by atoms with Crippen LogP contribution in [0.4, 0.5) is 24.5 Å². The van der Waals surface area contributed by atoms with Crippen molar-refractivity contribution >= 4 is 33.0 Å². The molecular formula is C12H8ClF3N2O2S. The number of nitrogens with one attached hydrogen (secondary N) is 1. The standard InChI is InChI=1S/C12H8ClF3N2O2S/c13-6-1-3-9(8(15)5-6)18-21(19,20)10-4-2-7(14)12(17)11(10)16/h1-5,18H,17H2. The second-order valence-corrected chi connectivity index (χ2v) is 6.09. The molecule has 0 aliphatic rings. The fourth-order valence-corrected chi connectivity index (χ4v) is 2.85. The number of nitrogens with two attached hydrogens (primary N) is 1. The molecule has 2 aromatic carbocycles. The van der Waals surface area contributed by atoms with Crippen molar-refractivity contribution in [3.8, 4) is 0 Å². The summed E-state index contributed by atoms with van der Waals surface area (Å²) in [7, 11) is -4.47. The molecule has 0 unspecified atom stereocenters. The Bertz CT molecular complexity index is 812. The summed E-state index contributed by atoms with van der Waals surface area (Å²) in [6.07, 6.45) is 0. The predicted octanol–water partition coefficient (Wildman–Crippen LogP) is 3.14. The number of anilines is 2. The van der Waals surface area contributed by atoms with Crippen molar-refractivity contribution in [2.75, 3.05) is 10.5 Å². The number of rotatable bonds is 3. The Hall–Kier alpha value is -1.93. The molecule has 4 nitrogen and oxygen atoms in total. The molecule has 0 spiro atoms. The lowest BCUT2D eigenvalue weighted by atomic mass is 10.3. The Kier molecular flexibility index (Phi) is 4.02. The van der Waals surface area contributed by atoms with Gasteiger partial charge in [0.25, 0.3) is 10.0 Å². The smallest absolute Gasteiger partial charge is 0.264 e. The van der Waals surface area contributed by atoms with Crippen LogP contribution in [0.2, 0.25) is 5.02 Å². The van der Waals surface area contributed by atoms with E-state index in [1.165, 1.54) is 6.07 Å². The van der Waals surface area contributed by atoms with Gasteiger partial charge in [-0.15, -0.1) is 0 Å². The Morgan fingerprint density at radius 1 is 1.05 bits per heavy atom. The van der Waals surface area contributed by atoms with E-state index in [9.17, 15) is 21.6 Å². The van der Waals surface area contributed by atoms with E-state index >= 15 is 0 Å². The number of benzene rings is 2. The van der Waals surface area contributed by atoms with Gasteiger partial charge in [-0.2, -0.15) is 0 Å². The van der Waals surface area contributed by atoms with Crippen molar-refractivity contribution in [1.29, 1.82) is 0 Å². The molecule has 0 bridgehead atoms. The van der Waals surface area contributed by atoms with Gasteiger partial charge >= 0.3 is 0 Å². The Labute approximate surface area is 123 Å². The quantitative estimate of drug-likeness (QED) is 0.846. The van der Waals surface area contributed by atoms with Gasteiger partial charge in [-0.1, -0.05) is 11.6 Å². The molecule has 21 heavy (non-hydrogen) atoms. The molecule has 0 aliphatic carbocycles. The Balaban J connectivity index is 2.46. The van der Waals surface area contributed by atoms with Crippen LogP contribution >= 0.6 is 11.6 Å². The Morgan fingerprint density at radius 3 is 2.33 bits per heavy atom. The van der Waals surface area contributed by atoms with Crippen LogP contribution < -0.4 is 10.5 Å². The van der Waals surface area contributed by atoms with Crippen LogP contribution in [0.1, 0.15) is 0 Å².